The maximum Gasteiger partial charge on any atom is 0.305 e. The monoisotopic (exact) mass is 490 g/mol. The molecular weight excluding hydrogens is 444 g/mol. The van der Waals surface area contributed by atoms with Crippen molar-refractivity contribution in [1.29, 1.82) is 0 Å². The van der Waals surface area contributed by atoms with Gasteiger partial charge < -0.3 is 14.2 Å². The van der Waals surface area contributed by atoms with Gasteiger partial charge in [0.2, 0.25) is 0 Å². The summed E-state index contributed by atoms with van der Waals surface area (Å²) in [5.41, 5.74) is 0.418. The van der Waals surface area contributed by atoms with Gasteiger partial charge in [-0.05, 0) is 98.2 Å². The molecule has 0 saturated heterocycles. The van der Waals surface area contributed by atoms with Gasteiger partial charge >= 0.3 is 17.9 Å². The summed E-state index contributed by atoms with van der Waals surface area (Å²) >= 11 is 0. The van der Waals surface area contributed by atoms with E-state index < -0.39 is 0 Å². The number of ether oxygens (including phenoxy) is 3. The number of hydrogen-bond acceptors (Lipinski definition) is 6. The minimum atomic E-state index is -0.199. The van der Waals surface area contributed by atoms with E-state index >= 15 is 0 Å². The lowest BCUT2D eigenvalue weighted by atomic mass is 9.43. The lowest BCUT2D eigenvalue weighted by Gasteiger charge is -2.62. The fourth-order valence-corrected chi connectivity index (χ4v) is 9.46. The molecule has 0 aliphatic heterocycles. The maximum absolute atomic E-state index is 12.2. The van der Waals surface area contributed by atoms with Gasteiger partial charge in [0, 0.05) is 26.2 Å². The molecule has 0 heterocycles. The molecule has 6 heteroatoms. The number of methoxy groups -OCH3 is 1. The van der Waals surface area contributed by atoms with E-state index in [2.05, 4.69) is 20.8 Å². The standard InChI is InChI=1S/C29H46O6/c1-17(7-10-26(32)33-6)22-8-9-23-27-24(12-14-29(22,23)5)28(4)13-11-21(34-18(2)30)15-20(28)16-25(27)35-19(3)31/h17,20-25,27H,7-16H2,1-6H3/t17?,20-,21+,22?,23?,24?,25-,27?,28?,29?/m0/s1. The molecule has 0 spiro atoms. The van der Waals surface area contributed by atoms with Gasteiger partial charge in [0.25, 0.3) is 0 Å². The third kappa shape index (κ3) is 4.87. The molecule has 4 fully saturated rings. The second-order valence-electron chi connectivity index (χ2n) is 12.7. The number of esters is 3. The zero-order valence-corrected chi connectivity index (χ0v) is 22.6. The highest BCUT2D eigenvalue weighted by Gasteiger charge is 2.63. The van der Waals surface area contributed by atoms with Crippen LogP contribution < -0.4 is 0 Å². The molecule has 4 aliphatic carbocycles. The van der Waals surface area contributed by atoms with Crippen molar-refractivity contribution in [2.75, 3.05) is 7.11 Å². The predicted molar refractivity (Wildman–Crippen MR) is 132 cm³/mol. The molecule has 6 nitrogen and oxygen atoms in total. The number of hydrogen-bond donors (Lipinski definition) is 0. The summed E-state index contributed by atoms with van der Waals surface area (Å²) in [7, 11) is 1.47. The molecule has 4 rings (SSSR count). The van der Waals surface area contributed by atoms with Crippen LogP contribution in [0, 0.1) is 46.3 Å². The van der Waals surface area contributed by atoms with Crippen molar-refractivity contribution in [1.82, 2.24) is 0 Å². The van der Waals surface area contributed by atoms with Crippen molar-refractivity contribution in [3.63, 3.8) is 0 Å². The normalized spacial score (nSPS) is 43.2. The molecular formula is C29H46O6. The van der Waals surface area contributed by atoms with E-state index in [1.54, 1.807) is 6.92 Å². The first kappa shape index (κ1) is 26.5. The highest BCUT2D eigenvalue weighted by atomic mass is 16.5. The van der Waals surface area contributed by atoms with Gasteiger partial charge in [0.05, 0.1) is 7.11 Å². The van der Waals surface area contributed by atoms with Gasteiger partial charge in [-0.15, -0.1) is 0 Å². The van der Waals surface area contributed by atoms with Crippen LogP contribution in [0.5, 0.6) is 0 Å². The van der Waals surface area contributed by atoms with E-state index in [9.17, 15) is 14.4 Å². The van der Waals surface area contributed by atoms with Crippen molar-refractivity contribution >= 4 is 17.9 Å². The number of carbonyl (C=O) groups is 3. The van der Waals surface area contributed by atoms with Crippen LogP contribution in [-0.2, 0) is 28.6 Å². The Hall–Kier alpha value is -1.59. The molecule has 4 aliphatic rings. The van der Waals surface area contributed by atoms with Crippen molar-refractivity contribution in [2.45, 2.75) is 111 Å². The first-order valence-corrected chi connectivity index (χ1v) is 13.9. The molecule has 0 aromatic rings. The van der Waals surface area contributed by atoms with E-state index in [1.807, 2.05) is 0 Å². The molecule has 0 aromatic heterocycles. The number of carbonyl (C=O) groups excluding carboxylic acids is 3. The largest absolute Gasteiger partial charge is 0.469 e. The van der Waals surface area contributed by atoms with Crippen LogP contribution in [0.4, 0.5) is 0 Å². The molecule has 35 heavy (non-hydrogen) atoms. The Labute approximate surface area is 211 Å². The van der Waals surface area contributed by atoms with Crippen molar-refractivity contribution in [3.8, 4) is 0 Å². The first-order valence-electron chi connectivity index (χ1n) is 13.9. The van der Waals surface area contributed by atoms with Crippen LogP contribution in [0.2, 0.25) is 0 Å². The fourth-order valence-electron chi connectivity index (χ4n) is 9.46. The molecule has 0 bridgehead atoms. The van der Waals surface area contributed by atoms with E-state index in [0.29, 0.717) is 41.9 Å². The van der Waals surface area contributed by atoms with Crippen LogP contribution >= 0.6 is 0 Å². The summed E-state index contributed by atoms with van der Waals surface area (Å²) < 4.78 is 16.6. The highest BCUT2D eigenvalue weighted by Crippen LogP contribution is 2.68. The smallest absolute Gasteiger partial charge is 0.305 e. The van der Waals surface area contributed by atoms with E-state index in [-0.39, 0.29) is 40.9 Å². The second-order valence-corrected chi connectivity index (χ2v) is 12.7. The Balaban J connectivity index is 1.57. The zero-order chi connectivity index (χ0) is 25.5. The lowest BCUT2D eigenvalue weighted by Crippen LogP contribution is -2.59. The van der Waals surface area contributed by atoms with Gasteiger partial charge in [0.15, 0.2) is 0 Å². The van der Waals surface area contributed by atoms with Crippen LogP contribution in [0.25, 0.3) is 0 Å². The Kier molecular flexibility index (Phi) is 7.60. The third-order valence-corrected chi connectivity index (χ3v) is 11.1. The zero-order valence-electron chi connectivity index (χ0n) is 22.6. The third-order valence-electron chi connectivity index (χ3n) is 11.1. The second kappa shape index (κ2) is 10.0. The van der Waals surface area contributed by atoms with E-state index in [1.165, 1.54) is 39.7 Å². The summed E-state index contributed by atoms with van der Waals surface area (Å²) in [6.07, 6.45) is 9.80. The molecule has 198 valence electrons. The summed E-state index contributed by atoms with van der Waals surface area (Å²) in [4.78, 5) is 35.6. The molecule has 0 N–H and O–H groups in total. The predicted octanol–water partition coefficient (Wildman–Crippen LogP) is 5.71. The average Bonchev–Trinajstić information content (AvgIpc) is 3.14. The minimum absolute atomic E-state index is 0.0134. The molecule has 0 radical (unpaired) electrons. The van der Waals surface area contributed by atoms with Gasteiger partial charge in [-0.3, -0.25) is 14.4 Å². The lowest BCUT2D eigenvalue weighted by molar-refractivity contribution is -0.197. The van der Waals surface area contributed by atoms with Gasteiger partial charge in [-0.25, -0.2) is 0 Å². The van der Waals surface area contributed by atoms with E-state index in [0.717, 1.165) is 32.1 Å². The van der Waals surface area contributed by atoms with Crippen LogP contribution in [0.15, 0.2) is 0 Å². The molecule has 10 atom stereocenters. The Morgan fingerprint density at radius 1 is 0.886 bits per heavy atom. The summed E-state index contributed by atoms with van der Waals surface area (Å²) in [6, 6.07) is 0. The number of rotatable bonds is 6. The van der Waals surface area contributed by atoms with Crippen LogP contribution in [-0.4, -0.2) is 37.2 Å². The summed E-state index contributed by atoms with van der Waals surface area (Å²) in [5, 5.41) is 0. The molecule has 4 saturated carbocycles. The quantitative estimate of drug-likeness (QED) is 0.351. The summed E-state index contributed by atoms with van der Waals surface area (Å²) in [6.45, 7) is 10.3. The topological polar surface area (TPSA) is 78.9 Å². The van der Waals surface area contributed by atoms with Crippen molar-refractivity contribution in [2.24, 2.45) is 46.3 Å². The van der Waals surface area contributed by atoms with Crippen LogP contribution in [0.1, 0.15) is 98.8 Å². The van der Waals surface area contributed by atoms with Crippen molar-refractivity contribution < 1.29 is 28.6 Å². The van der Waals surface area contributed by atoms with Gasteiger partial charge in [-0.1, -0.05) is 20.8 Å². The molecule has 0 aromatic carbocycles. The first-order chi connectivity index (χ1) is 16.5. The average molecular weight is 491 g/mol. The minimum Gasteiger partial charge on any atom is -0.469 e. The van der Waals surface area contributed by atoms with E-state index in [4.69, 9.17) is 14.2 Å². The van der Waals surface area contributed by atoms with Gasteiger partial charge in [-0.2, -0.15) is 0 Å². The van der Waals surface area contributed by atoms with Crippen LogP contribution in [0.3, 0.4) is 0 Å². The summed E-state index contributed by atoms with van der Waals surface area (Å²) in [5.74, 6) is 2.43. The number of fused-ring (bicyclic) bond motifs is 5. The Morgan fingerprint density at radius 3 is 2.20 bits per heavy atom. The maximum atomic E-state index is 12.2. The Bertz CT molecular complexity index is 824. The van der Waals surface area contributed by atoms with Crippen molar-refractivity contribution in [3.05, 3.63) is 0 Å². The highest BCUT2D eigenvalue weighted by molar-refractivity contribution is 5.69. The molecule has 0 amide bonds. The Morgan fingerprint density at radius 2 is 1.54 bits per heavy atom. The van der Waals surface area contributed by atoms with Gasteiger partial charge in [0.1, 0.15) is 12.2 Å². The SMILES string of the molecule is COC(=O)CCC(C)C1CCC2C3C(CCC12C)C1(C)CC[C@@H](OC(C)=O)C[C@H]1C[C@@H]3OC(C)=O. The fraction of sp³-hybridized carbons (Fsp3) is 0.897. The molecule has 7 unspecified atom stereocenters.